The van der Waals surface area contributed by atoms with Crippen LogP contribution in [-0.2, 0) is 0 Å². The molecular formula is C53H82. The molecular weight excluding hydrogens is 637 g/mol. The molecule has 0 spiro atoms. The van der Waals surface area contributed by atoms with Gasteiger partial charge in [-0.1, -0.05) is 117 Å². The summed E-state index contributed by atoms with van der Waals surface area (Å²) in [6, 6.07) is 0. The molecule has 294 valence electrons. The number of allylic oxidation sites excluding steroid dienone is 6. The monoisotopic (exact) mass is 719 g/mol. The summed E-state index contributed by atoms with van der Waals surface area (Å²) >= 11 is 0. The van der Waals surface area contributed by atoms with Crippen LogP contribution >= 0.6 is 0 Å². The summed E-state index contributed by atoms with van der Waals surface area (Å²) in [5.74, 6) is 8.52. The third kappa shape index (κ3) is 6.85. The van der Waals surface area contributed by atoms with Crippen molar-refractivity contribution in [1.82, 2.24) is 0 Å². The van der Waals surface area contributed by atoms with Crippen LogP contribution in [0.3, 0.4) is 0 Å². The third-order valence-corrected chi connectivity index (χ3v) is 17.8. The number of rotatable bonds is 14. The Balaban J connectivity index is 1.53. The van der Waals surface area contributed by atoms with Crippen LogP contribution in [0.25, 0.3) is 11.1 Å². The minimum Gasteiger partial charge on any atom is -0.0845 e. The molecule has 11 unspecified atom stereocenters. The summed E-state index contributed by atoms with van der Waals surface area (Å²) in [5, 5.41) is 0. The molecule has 1 aromatic carbocycles. The van der Waals surface area contributed by atoms with Crippen molar-refractivity contribution in [3.8, 4) is 0 Å². The van der Waals surface area contributed by atoms with Crippen molar-refractivity contribution < 1.29 is 0 Å². The Kier molecular flexibility index (Phi) is 11.8. The lowest BCUT2D eigenvalue weighted by molar-refractivity contribution is 0.168. The fourth-order valence-corrected chi connectivity index (χ4v) is 13.2. The molecule has 6 aliphatic rings. The van der Waals surface area contributed by atoms with Crippen molar-refractivity contribution >= 4 is 11.1 Å². The molecule has 0 nitrogen and oxygen atoms in total. The number of hydrogen-bond acceptors (Lipinski definition) is 0. The van der Waals surface area contributed by atoms with Crippen molar-refractivity contribution in [2.75, 3.05) is 0 Å². The fraction of sp³-hybridized carbons (Fsp3) is 0.774. The normalized spacial score (nSPS) is 37.2. The van der Waals surface area contributed by atoms with E-state index in [4.69, 9.17) is 0 Å². The molecule has 0 heteroatoms. The highest BCUT2D eigenvalue weighted by Gasteiger charge is 2.54. The van der Waals surface area contributed by atoms with E-state index in [9.17, 15) is 0 Å². The molecule has 5 saturated carbocycles. The van der Waals surface area contributed by atoms with Crippen molar-refractivity contribution in [2.24, 2.45) is 58.7 Å². The predicted molar refractivity (Wildman–Crippen MR) is 232 cm³/mol. The van der Waals surface area contributed by atoms with E-state index in [1.807, 2.05) is 27.8 Å². The average Bonchev–Trinajstić information content (AvgIpc) is 3.79. The average molecular weight is 719 g/mol. The highest BCUT2D eigenvalue weighted by atomic mass is 14.6. The second-order valence-corrected chi connectivity index (χ2v) is 20.9. The van der Waals surface area contributed by atoms with Gasteiger partial charge in [0.25, 0.3) is 0 Å². The Morgan fingerprint density at radius 3 is 2.06 bits per heavy atom. The second kappa shape index (κ2) is 15.8. The van der Waals surface area contributed by atoms with Gasteiger partial charge >= 0.3 is 0 Å². The van der Waals surface area contributed by atoms with Gasteiger partial charge in [0.05, 0.1) is 0 Å². The SMILES string of the molecule is CCCC=C(C(C)C1CC(=C(C)CCC)c2c(C)c(C3CC(C)C3C)c(C)c(C3CCC3C)c2C(C2CCC2)=C1CC1CCC1C)C1(C)CC1CCC. The first-order valence-corrected chi connectivity index (χ1v) is 23.7. The Labute approximate surface area is 328 Å². The molecule has 0 radical (unpaired) electrons. The zero-order valence-corrected chi connectivity index (χ0v) is 36.9. The number of hydrogen-bond donors (Lipinski definition) is 0. The lowest BCUT2D eigenvalue weighted by Crippen LogP contribution is -2.33. The van der Waals surface area contributed by atoms with Crippen molar-refractivity contribution in [3.05, 3.63) is 56.2 Å². The van der Waals surface area contributed by atoms with Gasteiger partial charge in [0, 0.05) is 0 Å². The van der Waals surface area contributed by atoms with Gasteiger partial charge in [-0.15, -0.1) is 0 Å². The molecule has 0 aromatic heterocycles. The molecule has 6 aliphatic carbocycles. The lowest BCUT2D eigenvalue weighted by Gasteiger charge is -2.46. The molecule has 0 heterocycles. The molecule has 7 rings (SSSR count). The van der Waals surface area contributed by atoms with Crippen LogP contribution in [0, 0.1) is 72.5 Å². The van der Waals surface area contributed by atoms with E-state index in [0.717, 1.165) is 53.3 Å². The largest absolute Gasteiger partial charge is 0.0845 e. The number of benzene rings is 1. The molecule has 0 N–H and O–H groups in total. The molecule has 53 heavy (non-hydrogen) atoms. The lowest BCUT2D eigenvalue weighted by atomic mass is 9.58. The maximum absolute atomic E-state index is 2.81. The van der Waals surface area contributed by atoms with Crippen LogP contribution in [0.2, 0.25) is 0 Å². The first-order chi connectivity index (χ1) is 25.4. The first-order valence-electron chi connectivity index (χ1n) is 23.7. The van der Waals surface area contributed by atoms with Gasteiger partial charge in [0.15, 0.2) is 0 Å². The van der Waals surface area contributed by atoms with Crippen LogP contribution in [-0.4, -0.2) is 0 Å². The second-order valence-electron chi connectivity index (χ2n) is 20.9. The van der Waals surface area contributed by atoms with E-state index in [-0.39, 0.29) is 0 Å². The first kappa shape index (κ1) is 39.7. The smallest absolute Gasteiger partial charge is 0.00820 e. The highest BCUT2D eigenvalue weighted by molar-refractivity contribution is 5.90. The Bertz CT molecular complexity index is 1600. The van der Waals surface area contributed by atoms with Crippen molar-refractivity contribution in [2.45, 2.75) is 204 Å². The Morgan fingerprint density at radius 2 is 1.55 bits per heavy atom. The Hall–Kier alpha value is -1.56. The van der Waals surface area contributed by atoms with Gasteiger partial charge in [0.2, 0.25) is 0 Å². The van der Waals surface area contributed by atoms with E-state index in [1.54, 1.807) is 33.4 Å². The van der Waals surface area contributed by atoms with Gasteiger partial charge in [-0.2, -0.15) is 0 Å². The van der Waals surface area contributed by atoms with E-state index in [1.165, 1.54) is 109 Å². The summed E-state index contributed by atoms with van der Waals surface area (Å²) in [7, 11) is 0. The van der Waals surface area contributed by atoms with Crippen LogP contribution in [0.1, 0.15) is 224 Å². The number of unbranched alkanes of at least 4 members (excludes halogenated alkanes) is 1. The minimum atomic E-state index is 0.404. The maximum Gasteiger partial charge on any atom is -0.00820 e. The van der Waals surface area contributed by atoms with Gasteiger partial charge in [-0.3, -0.25) is 0 Å². The molecule has 5 fully saturated rings. The number of fused-ring (bicyclic) bond motifs is 1. The van der Waals surface area contributed by atoms with Gasteiger partial charge in [-0.05, 0) is 213 Å². The summed E-state index contributed by atoms with van der Waals surface area (Å²) in [6.45, 7) is 30.8. The zero-order chi connectivity index (χ0) is 37.9. The van der Waals surface area contributed by atoms with E-state index < -0.39 is 0 Å². The third-order valence-electron chi connectivity index (χ3n) is 17.8. The summed E-state index contributed by atoms with van der Waals surface area (Å²) < 4.78 is 0. The molecule has 0 bridgehead atoms. The van der Waals surface area contributed by atoms with E-state index in [0.29, 0.717) is 17.3 Å². The fourth-order valence-electron chi connectivity index (χ4n) is 13.2. The van der Waals surface area contributed by atoms with Crippen molar-refractivity contribution in [1.29, 1.82) is 0 Å². The predicted octanol–water partition coefficient (Wildman–Crippen LogP) is 16.3. The van der Waals surface area contributed by atoms with E-state index >= 15 is 0 Å². The van der Waals surface area contributed by atoms with Gasteiger partial charge < -0.3 is 0 Å². The van der Waals surface area contributed by atoms with Gasteiger partial charge in [-0.25, -0.2) is 0 Å². The van der Waals surface area contributed by atoms with Gasteiger partial charge in [0.1, 0.15) is 0 Å². The summed E-state index contributed by atoms with van der Waals surface area (Å²) in [5.41, 5.74) is 20.4. The highest BCUT2D eigenvalue weighted by Crippen LogP contribution is 2.65. The molecule has 0 saturated heterocycles. The summed E-state index contributed by atoms with van der Waals surface area (Å²) in [4.78, 5) is 0. The standard InChI is InChI=1S/C53H82/c1-13-16-22-47(53(12)30-41(53)19-15-3)36(9)44-29-43(32(5)18-14-2)50-38(11)48(45-27-34(7)35(45)8)37(10)49(42-26-24-33(42)6)52(50)51(39-20-17-21-39)46(44)28-40-25-23-31(40)4/h22,31,33-36,39-42,44-45H,13-21,23-30H2,1-12H3. The molecule has 11 atom stereocenters. The zero-order valence-electron chi connectivity index (χ0n) is 36.9. The Morgan fingerprint density at radius 1 is 0.811 bits per heavy atom. The van der Waals surface area contributed by atoms with Crippen molar-refractivity contribution in [3.63, 3.8) is 0 Å². The topological polar surface area (TPSA) is 0 Å². The van der Waals surface area contributed by atoms with Crippen LogP contribution in [0.4, 0.5) is 0 Å². The molecule has 1 aromatic rings. The summed E-state index contributed by atoms with van der Waals surface area (Å²) in [6.07, 6.45) is 25.9. The maximum atomic E-state index is 2.81. The van der Waals surface area contributed by atoms with E-state index in [2.05, 4.69) is 89.2 Å². The molecule has 0 amide bonds. The quantitative estimate of drug-likeness (QED) is 0.168. The minimum absolute atomic E-state index is 0.404. The van der Waals surface area contributed by atoms with Crippen LogP contribution in [0.5, 0.6) is 0 Å². The van der Waals surface area contributed by atoms with Crippen LogP contribution in [0.15, 0.2) is 22.8 Å². The molecule has 0 aliphatic heterocycles. The van der Waals surface area contributed by atoms with Crippen LogP contribution < -0.4 is 0 Å².